The first-order valence-electron chi connectivity index (χ1n) is 5.36. The number of benzene rings is 1. The van der Waals surface area contributed by atoms with Crippen LogP contribution in [-0.2, 0) is 6.54 Å². The number of hydrogen-bond acceptors (Lipinski definition) is 3. The van der Waals surface area contributed by atoms with Crippen LogP contribution in [0.25, 0.3) is 0 Å². The summed E-state index contributed by atoms with van der Waals surface area (Å²) in [5, 5.41) is 3.38. The van der Waals surface area contributed by atoms with Gasteiger partial charge in [0.15, 0.2) is 0 Å². The molecule has 2 heterocycles. The Morgan fingerprint density at radius 1 is 1.19 bits per heavy atom. The number of nitrogens with one attached hydrogen (secondary N) is 1. The van der Waals surface area contributed by atoms with Crippen LogP contribution in [-0.4, -0.2) is 12.0 Å². The van der Waals surface area contributed by atoms with Gasteiger partial charge in [0.1, 0.15) is 5.82 Å². The van der Waals surface area contributed by atoms with E-state index >= 15 is 0 Å². The molecule has 1 aromatic carbocycles. The third-order valence-corrected chi connectivity index (χ3v) is 2.87. The van der Waals surface area contributed by atoms with Crippen molar-refractivity contribution in [1.29, 1.82) is 0 Å². The fourth-order valence-electron chi connectivity index (χ4n) is 2.06. The minimum absolute atomic E-state index is 0.882. The Bertz CT molecular complexity index is 522. The lowest BCUT2D eigenvalue weighted by atomic mass is 10.2. The van der Waals surface area contributed by atoms with Gasteiger partial charge in [-0.1, -0.05) is 18.2 Å². The molecule has 0 radical (unpaired) electrons. The summed E-state index contributed by atoms with van der Waals surface area (Å²) in [6.07, 6.45) is 1.82. The third kappa shape index (κ3) is 1.41. The van der Waals surface area contributed by atoms with Crippen LogP contribution in [0.3, 0.4) is 0 Å². The number of fused-ring (bicyclic) bond motifs is 2. The zero-order valence-electron chi connectivity index (χ0n) is 9.14. The van der Waals surface area contributed by atoms with Gasteiger partial charge in [0, 0.05) is 25.4 Å². The quantitative estimate of drug-likeness (QED) is 0.726. The zero-order chi connectivity index (χ0) is 11.0. The number of rotatable bonds is 0. The standard InChI is InChI=1S/C13H13N3/c1-16-9-10-5-4-8-14-13(10)15-11-6-2-3-7-12(11)16/h2-8H,9H2,1H3,(H,14,15). The molecule has 0 fully saturated rings. The topological polar surface area (TPSA) is 28.2 Å². The maximum absolute atomic E-state index is 4.37. The Labute approximate surface area is 94.7 Å². The Morgan fingerprint density at radius 3 is 3.00 bits per heavy atom. The number of aromatic nitrogens is 1. The van der Waals surface area contributed by atoms with Crippen molar-refractivity contribution < 1.29 is 0 Å². The Morgan fingerprint density at radius 2 is 2.06 bits per heavy atom. The van der Waals surface area contributed by atoms with Gasteiger partial charge < -0.3 is 10.2 Å². The van der Waals surface area contributed by atoms with Crippen molar-refractivity contribution in [3.8, 4) is 0 Å². The number of anilines is 3. The highest BCUT2D eigenvalue weighted by molar-refractivity contribution is 5.77. The molecule has 3 rings (SSSR count). The lowest BCUT2D eigenvalue weighted by molar-refractivity contribution is 0.930. The van der Waals surface area contributed by atoms with E-state index in [1.807, 2.05) is 18.3 Å². The zero-order valence-corrected chi connectivity index (χ0v) is 9.14. The van der Waals surface area contributed by atoms with Gasteiger partial charge in [-0.05, 0) is 18.2 Å². The van der Waals surface area contributed by atoms with Crippen molar-refractivity contribution in [2.24, 2.45) is 0 Å². The molecular formula is C13H13N3. The second kappa shape index (κ2) is 3.52. The van der Waals surface area contributed by atoms with E-state index in [1.54, 1.807) is 0 Å². The van der Waals surface area contributed by atoms with Crippen molar-refractivity contribution in [1.82, 2.24) is 4.98 Å². The lowest BCUT2D eigenvalue weighted by Gasteiger charge is -2.18. The van der Waals surface area contributed by atoms with Crippen LogP contribution in [0.4, 0.5) is 17.2 Å². The van der Waals surface area contributed by atoms with E-state index in [2.05, 4.69) is 46.5 Å². The number of nitrogens with zero attached hydrogens (tertiary/aromatic N) is 2. The van der Waals surface area contributed by atoms with Crippen molar-refractivity contribution in [2.45, 2.75) is 6.54 Å². The summed E-state index contributed by atoms with van der Waals surface area (Å²) in [6, 6.07) is 12.4. The van der Waals surface area contributed by atoms with Crippen molar-refractivity contribution >= 4 is 17.2 Å². The van der Waals surface area contributed by atoms with E-state index in [9.17, 15) is 0 Å². The van der Waals surface area contributed by atoms with Crippen LogP contribution < -0.4 is 10.2 Å². The van der Waals surface area contributed by atoms with Gasteiger partial charge in [0.25, 0.3) is 0 Å². The molecule has 1 N–H and O–H groups in total. The van der Waals surface area contributed by atoms with E-state index in [0.717, 1.165) is 18.1 Å². The normalized spacial score (nSPS) is 13.4. The summed E-state index contributed by atoms with van der Waals surface area (Å²) in [6.45, 7) is 0.882. The summed E-state index contributed by atoms with van der Waals surface area (Å²) in [5.74, 6) is 0.958. The largest absolute Gasteiger partial charge is 0.368 e. The summed E-state index contributed by atoms with van der Waals surface area (Å²) < 4.78 is 0. The second-order valence-corrected chi connectivity index (χ2v) is 4.01. The molecule has 3 heteroatoms. The van der Waals surface area contributed by atoms with Crippen LogP contribution >= 0.6 is 0 Å². The number of para-hydroxylation sites is 2. The monoisotopic (exact) mass is 211 g/mol. The molecule has 80 valence electrons. The fraction of sp³-hybridized carbons (Fsp3) is 0.154. The highest BCUT2D eigenvalue weighted by Crippen LogP contribution is 2.33. The minimum Gasteiger partial charge on any atom is -0.368 e. The van der Waals surface area contributed by atoms with Gasteiger partial charge in [-0.25, -0.2) is 4.98 Å². The molecule has 1 aromatic heterocycles. The maximum Gasteiger partial charge on any atom is 0.135 e. The smallest absolute Gasteiger partial charge is 0.135 e. The molecule has 2 aromatic rings. The van der Waals surface area contributed by atoms with Gasteiger partial charge in [0.05, 0.1) is 11.4 Å². The highest BCUT2D eigenvalue weighted by atomic mass is 15.2. The van der Waals surface area contributed by atoms with Crippen molar-refractivity contribution in [3.63, 3.8) is 0 Å². The second-order valence-electron chi connectivity index (χ2n) is 4.01. The molecule has 0 aliphatic carbocycles. The minimum atomic E-state index is 0.882. The molecule has 0 spiro atoms. The first-order valence-corrected chi connectivity index (χ1v) is 5.36. The van der Waals surface area contributed by atoms with Crippen LogP contribution in [0, 0.1) is 0 Å². The third-order valence-electron chi connectivity index (χ3n) is 2.87. The van der Waals surface area contributed by atoms with Gasteiger partial charge in [0.2, 0.25) is 0 Å². The molecule has 1 aliphatic rings. The Balaban J connectivity index is 2.15. The van der Waals surface area contributed by atoms with Gasteiger partial charge >= 0.3 is 0 Å². The van der Waals surface area contributed by atoms with E-state index < -0.39 is 0 Å². The first kappa shape index (κ1) is 9.21. The van der Waals surface area contributed by atoms with Crippen molar-refractivity contribution in [2.75, 3.05) is 17.3 Å². The molecule has 0 saturated heterocycles. The summed E-state index contributed by atoms with van der Waals surface area (Å²) in [7, 11) is 2.10. The van der Waals surface area contributed by atoms with Crippen LogP contribution in [0.15, 0.2) is 42.6 Å². The Kier molecular flexibility index (Phi) is 2.03. The summed E-state index contributed by atoms with van der Waals surface area (Å²) in [4.78, 5) is 6.61. The average Bonchev–Trinajstić information content (AvgIpc) is 2.45. The summed E-state index contributed by atoms with van der Waals surface area (Å²) in [5.41, 5.74) is 3.55. The van der Waals surface area contributed by atoms with E-state index in [0.29, 0.717) is 0 Å². The number of hydrogen-bond donors (Lipinski definition) is 1. The first-order chi connectivity index (χ1) is 7.84. The number of pyridine rings is 1. The van der Waals surface area contributed by atoms with Gasteiger partial charge in [-0.2, -0.15) is 0 Å². The molecule has 1 aliphatic heterocycles. The maximum atomic E-state index is 4.37. The van der Waals surface area contributed by atoms with Crippen LogP contribution in [0.5, 0.6) is 0 Å². The van der Waals surface area contributed by atoms with Crippen LogP contribution in [0.2, 0.25) is 0 Å². The average molecular weight is 211 g/mol. The molecular weight excluding hydrogens is 198 g/mol. The molecule has 0 unspecified atom stereocenters. The highest BCUT2D eigenvalue weighted by Gasteiger charge is 2.15. The molecule has 0 amide bonds. The SMILES string of the molecule is CN1Cc2cccnc2Nc2ccccc21. The molecule has 16 heavy (non-hydrogen) atoms. The fourth-order valence-corrected chi connectivity index (χ4v) is 2.06. The van der Waals surface area contributed by atoms with Gasteiger partial charge in [-0.3, -0.25) is 0 Å². The molecule has 0 bridgehead atoms. The van der Waals surface area contributed by atoms with E-state index in [4.69, 9.17) is 0 Å². The lowest BCUT2D eigenvalue weighted by Crippen LogP contribution is -2.15. The molecule has 3 nitrogen and oxygen atoms in total. The van der Waals surface area contributed by atoms with E-state index in [1.165, 1.54) is 11.3 Å². The molecule has 0 atom stereocenters. The predicted molar refractivity (Wildman–Crippen MR) is 66.1 cm³/mol. The van der Waals surface area contributed by atoms with Crippen LogP contribution in [0.1, 0.15) is 5.56 Å². The Hall–Kier alpha value is -2.03. The van der Waals surface area contributed by atoms with Gasteiger partial charge in [-0.15, -0.1) is 0 Å². The summed E-state index contributed by atoms with van der Waals surface area (Å²) >= 11 is 0. The predicted octanol–water partition coefficient (Wildman–Crippen LogP) is 2.78. The van der Waals surface area contributed by atoms with Crippen molar-refractivity contribution in [3.05, 3.63) is 48.2 Å². The molecule has 0 saturated carbocycles. The van der Waals surface area contributed by atoms with E-state index in [-0.39, 0.29) is 0 Å².